The average Bonchev–Trinajstić information content (AvgIpc) is 2.86. The van der Waals surface area contributed by atoms with Crippen molar-refractivity contribution < 1.29 is 27.5 Å². The van der Waals surface area contributed by atoms with Gasteiger partial charge in [0.15, 0.2) is 0 Å². The molecule has 1 heterocycles. The van der Waals surface area contributed by atoms with Gasteiger partial charge in [0.1, 0.15) is 0 Å². The summed E-state index contributed by atoms with van der Waals surface area (Å²) in [5.74, 6) is -1.45. The minimum Gasteiger partial charge on any atom is -0.450 e. The van der Waals surface area contributed by atoms with Gasteiger partial charge in [-0.2, -0.15) is 4.31 Å². The highest BCUT2D eigenvalue weighted by Gasteiger charge is 2.31. The maximum atomic E-state index is 12.8. The number of anilines is 1. The second-order valence-corrected chi connectivity index (χ2v) is 7.60. The van der Waals surface area contributed by atoms with Gasteiger partial charge in [-0.05, 0) is 37.6 Å². The van der Waals surface area contributed by atoms with Crippen molar-refractivity contribution in [3.05, 3.63) is 23.8 Å². The molecule has 0 saturated heterocycles. The number of likely N-dealkylation sites (N-methyl/N-ethyl adjacent to an activating group) is 1. The van der Waals surface area contributed by atoms with Crippen molar-refractivity contribution in [3.63, 3.8) is 0 Å². The molecule has 0 unspecified atom stereocenters. The SMILES string of the molecule is CCOC(=O)NC(=O)CN(CC)S(=O)(=O)c1ccc2c(c1)[C@H](C)C(=O)N2. The van der Waals surface area contributed by atoms with E-state index in [0.717, 1.165) is 4.31 Å². The van der Waals surface area contributed by atoms with Crippen LogP contribution in [-0.4, -0.2) is 50.3 Å². The number of hydrogen-bond donors (Lipinski definition) is 2. The minimum absolute atomic E-state index is 0.0228. The maximum Gasteiger partial charge on any atom is 0.413 e. The number of amides is 3. The predicted octanol–water partition coefficient (Wildman–Crippen LogP) is 1.03. The molecule has 1 atom stereocenters. The molecule has 0 fully saturated rings. The number of nitrogens with zero attached hydrogens (tertiary/aromatic N) is 1. The van der Waals surface area contributed by atoms with Crippen LogP contribution in [0.1, 0.15) is 32.3 Å². The van der Waals surface area contributed by atoms with Gasteiger partial charge in [-0.1, -0.05) is 6.92 Å². The van der Waals surface area contributed by atoms with E-state index >= 15 is 0 Å². The molecule has 0 saturated carbocycles. The second kappa shape index (κ2) is 7.83. The number of carbonyl (C=O) groups excluding carboxylic acids is 3. The number of imide groups is 1. The summed E-state index contributed by atoms with van der Waals surface area (Å²) >= 11 is 0. The van der Waals surface area contributed by atoms with Crippen molar-refractivity contribution in [2.75, 3.05) is 25.0 Å². The maximum absolute atomic E-state index is 12.8. The van der Waals surface area contributed by atoms with Crippen LogP contribution in [0.4, 0.5) is 10.5 Å². The number of sulfonamides is 1. The van der Waals surface area contributed by atoms with Crippen molar-refractivity contribution in [2.24, 2.45) is 0 Å². The van der Waals surface area contributed by atoms with E-state index in [1.165, 1.54) is 18.2 Å². The van der Waals surface area contributed by atoms with Crippen molar-refractivity contribution in [3.8, 4) is 0 Å². The van der Waals surface area contributed by atoms with Crippen molar-refractivity contribution in [2.45, 2.75) is 31.6 Å². The number of alkyl carbamates (subject to hydrolysis) is 1. The van der Waals surface area contributed by atoms with E-state index in [2.05, 4.69) is 10.1 Å². The molecule has 0 spiro atoms. The molecule has 1 aliphatic heterocycles. The molecule has 142 valence electrons. The molecule has 10 heteroatoms. The Kier molecular flexibility index (Phi) is 5.98. The standard InChI is InChI=1S/C16H21N3O6S/c1-4-19(9-14(20)18-16(22)25-5-2)26(23,24)11-6-7-13-12(8-11)10(3)15(21)17-13/h6-8,10H,4-5,9H2,1-3H3,(H,17,21)(H,18,20,22)/t10-/m0/s1. The fraction of sp³-hybridized carbons (Fsp3) is 0.438. The Labute approximate surface area is 151 Å². The fourth-order valence-corrected chi connectivity index (χ4v) is 3.99. The van der Waals surface area contributed by atoms with E-state index < -0.39 is 34.5 Å². The Morgan fingerprint density at radius 2 is 2.00 bits per heavy atom. The van der Waals surface area contributed by atoms with Crippen LogP contribution in [0.15, 0.2) is 23.1 Å². The lowest BCUT2D eigenvalue weighted by atomic mass is 10.0. The molecule has 1 aromatic carbocycles. The molecule has 9 nitrogen and oxygen atoms in total. The van der Waals surface area contributed by atoms with Crippen LogP contribution in [0.25, 0.3) is 0 Å². The average molecular weight is 383 g/mol. The zero-order valence-electron chi connectivity index (χ0n) is 14.7. The number of hydrogen-bond acceptors (Lipinski definition) is 6. The first kappa shape index (κ1) is 19.9. The summed E-state index contributed by atoms with van der Waals surface area (Å²) in [4.78, 5) is 34.9. The van der Waals surface area contributed by atoms with Gasteiger partial charge in [-0.3, -0.25) is 14.9 Å². The van der Waals surface area contributed by atoms with E-state index in [1.807, 2.05) is 5.32 Å². The summed E-state index contributed by atoms with van der Waals surface area (Å²) < 4.78 is 31.2. The Balaban J connectivity index is 2.21. The van der Waals surface area contributed by atoms with Crippen LogP contribution in [0.2, 0.25) is 0 Å². The van der Waals surface area contributed by atoms with Gasteiger partial charge in [0.25, 0.3) is 0 Å². The van der Waals surface area contributed by atoms with E-state index in [9.17, 15) is 22.8 Å². The highest BCUT2D eigenvalue weighted by atomic mass is 32.2. The van der Waals surface area contributed by atoms with E-state index in [0.29, 0.717) is 11.3 Å². The molecule has 0 aromatic heterocycles. The lowest BCUT2D eigenvalue weighted by Gasteiger charge is -2.20. The predicted molar refractivity (Wildman–Crippen MR) is 93.1 cm³/mol. The molecule has 0 aliphatic carbocycles. The van der Waals surface area contributed by atoms with Gasteiger partial charge in [0.2, 0.25) is 21.8 Å². The molecule has 26 heavy (non-hydrogen) atoms. The molecule has 1 aromatic rings. The van der Waals surface area contributed by atoms with Gasteiger partial charge in [-0.25, -0.2) is 13.2 Å². The van der Waals surface area contributed by atoms with Crippen molar-refractivity contribution in [1.82, 2.24) is 9.62 Å². The van der Waals surface area contributed by atoms with Gasteiger partial charge in [0.05, 0.1) is 24.0 Å². The Hall–Kier alpha value is -2.46. The third-order valence-corrected chi connectivity index (χ3v) is 5.88. The third kappa shape index (κ3) is 4.02. The van der Waals surface area contributed by atoms with Gasteiger partial charge >= 0.3 is 6.09 Å². The topological polar surface area (TPSA) is 122 Å². The molecule has 3 amide bonds. The van der Waals surface area contributed by atoms with Gasteiger partial charge < -0.3 is 10.1 Å². The molecule has 0 bridgehead atoms. The number of carbonyl (C=O) groups is 3. The smallest absolute Gasteiger partial charge is 0.413 e. The number of ether oxygens (including phenoxy) is 1. The summed E-state index contributed by atoms with van der Waals surface area (Å²) in [5, 5.41) is 4.63. The van der Waals surface area contributed by atoms with E-state index in [-0.39, 0.29) is 24.0 Å². The van der Waals surface area contributed by atoms with Crippen LogP contribution >= 0.6 is 0 Å². The molecule has 0 radical (unpaired) electrons. The monoisotopic (exact) mass is 383 g/mol. The third-order valence-electron chi connectivity index (χ3n) is 3.97. The second-order valence-electron chi connectivity index (χ2n) is 5.66. The number of benzene rings is 1. The Morgan fingerprint density at radius 1 is 1.31 bits per heavy atom. The van der Waals surface area contributed by atoms with Crippen LogP contribution in [0.3, 0.4) is 0 Å². The lowest BCUT2D eigenvalue weighted by Crippen LogP contribution is -2.42. The fourth-order valence-electron chi connectivity index (χ4n) is 2.55. The van der Waals surface area contributed by atoms with Crippen LogP contribution < -0.4 is 10.6 Å². The van der Waals surface area contributed by atoms with E-state index in [1.54, 1.807) is 20.8 Å². The molecular weight excluding hydrogens is 362 g/mol. The lowest BCUT2D eigenvalue weighted by molar-refractivity contribution is -0.120. The summed E-state index contributed by atoms with van der Waals surface area (Å²) in [6.07, 6.45) is -0.929. The first-order valence-corrected chi connectivity index (χ1v) is 9.56. The number of fused-ring (bicyclic) bond motifs is 1. The quantitative estimate of drug-likeness (QED) is 0.756. The number of rotatable bonds is 6. The zero-order chi connectivity index (χ0) is 19.5. The molecule has 2 N–H and O–H groups in total. The van der Waals surface area contributed by atoms with Crippen molar-refractivity contribution in [1.29, 1.82) is 0 Å². The summed E-state index contributed by atoms with van der Waals surface area (Å²) in [6, 6.07) is 4.33. The van der Waals surface area contributed by atoms with Crippen LogP contribution in [-0.2, 0) is 24.3 Å². The summed E-state index contributed by atoms with van der Waals surface area (Å²) in [6.45, 7) is 4.44. The molecule has 2 rings (SSSR count). The van der Waals surface area contributed by atoms with Gasteiger partial charge in [0, 0.05) is 12.2 Å². The minimum atomic E-state index is -3.98. The first-order chi connectivity index (χ1) is 12.2. The first-order valence-electron chi connectivity index (χ1n) is 8.12. The van der Waals surface area contributed by atoms with E-state index in [4.69, 9.17) is 0 Å². The van der Waals surface area contributed by atoms with Crippen LogP contribution in [0, 0.1) is 0 Å². The van der Waals surface area contributed by atoms with Crippen LogP contribution in [0.5, 0.6) is 0 Å². The Morgan fingerprint density at radius 3 is 2.62 bits per heavy atom. The highest BCUT2D eigenvalue weighted by molar-refractivity contribution is 7.89. The number of nitrogens with one attached hydrogen (secondary N) is 2. The summed E-state index contributed by atoms with van der Waals surface area (Å²) in [7, 11) is -3.98. The largest absolute Gasteiger partial charge is 0.450 e. The van der Waals surface area contributed by atoms with Gasteiger partial charge in [-0.15, -0.1) is 0 Å². The summed E-state index contributed by atoms with van der Waals surface area (Å²) in [5.41, 5.74) is 1.16. The Bertz CT molecular complexity index is 836. The van der Waals surface area contributed by atoms with Crippen molar-refractivity contribution >= 4 is 33.6 Å². The zero-order valence-corrected chi connectivity index (χ0v) is 15.6. The molecular formula is C16H21N3O6S. The normalized spacial score (nSPS) is 16.2. The highest BCUT2D eigenvalue weighted by Crippen LogP contribution is 2.34. The molecule has 1 aliphatic rings.